The first-order valence-electron chi connectivity index (χ1n) is 8.63. The van der Waals surface area contributed by atoms with Crippen LogP contribution in [0.4, 0.5) is 5.69 Å². The normalized spacial score (nSPS) is 21.1. The Kier molecular flexibility index (Phi) is 5.60. The Labute approximate surface area is 146 Å². The predicted molar refractivity (Wildman–Crippen MR) is 94.4 cm³/mol. The minimum Gasteiger partial charge on any atom is -0.512 e. The van der Waals surface area contributed by atoms with Crippen LogP contribution in [0, 0.1) is 0 Å². The molecule has 0 aromatic heterocycles. The summed E-state index contributed by atoms with van der Waals surface area (Å²) in [5, 5.41) is 12.7. The van der Waals surface area contributed by atoms with Crippen LogP contribution in [0.1, 0.15) is 42.5 Å². The molecule has 0 spiro atoms. The van der Waals surface area contributed by atoms with Crippen LogP contribution in [-0.2, 0) is 9.53 Å². The number of amides is 1. The van der Waals surface area contributed by atoms with Gasteiger partial charge in [-0.2, -0.15) is 0 Å². The molecule has 6 nitrogen and oxygen atoms in total. The van der Waals surface area contributed by atoms with Gasteiger partial charge in [-0.1, -0.05) is 0 Å². The zero-order valence-electron chi connectivity index (χ0n) is 14.0. The van der Waals surface area contributed by atoms with E-state index < -0.39 is 0 Å². The van der Waals surface area contributed by atoms with Gasteiger partial charge in [-0.25, -0.2) is 0 Å². The van der Waals surface area contributed by atoms with E-state index in [2.05, 4.69) is 10.3 Å². The fraction of sp³-hybridized carbons (Fsp3) is 0.421. The molecule has 2 aliphatic rings. The number of aliphatic hydroxyl groups is 1. The van der Waals surface area contributed by atoms with Crippen LogP contribution in [0.3, 0.4) is 0 Å². The van der Waals surface area contributed by atoms with Crippen molar-refractivity contribution >= 4 is 23.6 Å². The first-order valence-corrected chi connectivity index (χ1v) is 8.63. The summed E-state index contributed by atoms with van der Waals surface area (Å²) in [6.45, 7) is 1.29. The molecule has 1 aliphatic carbocycles. The molecule has 0 bridgehead atoms. The maximum absolute atomic E-state index is 12.1. The van der Waals surface area contributed by atoms with Crippen LogP contribution in [0.25, 0.3) is 0 Å². The number of allylic oxidation sites excluding steroid dienone is 2. The highest BCUT2D eigenvalue weighted by atomic mass is 16.5. The Bertz CT molecular complexity index is 701. The molecule has 1 amide bonds. The van der Waals surface area contributed by atoms with Crippen molar-refractivity contribution in [1.29, 1.82) is 0 Å². The zero-order valence-corrected chi connectivity index (χ0v) is 14.0. The zero-order chi connectivity index (χ0) is 17.6. The van der Waals surface area contributed by atoms with E-state index in [4.69, 9.17) is 4.74 Å². The maximum Gasteiger partial charge on any atom is 0.251 e. The summed E-state index contributed by atoms with van der Waals surface area (Å²) in [5.74, 6) is -0.128. The molecule has 1 aromatic rings. The van der Waals surface area contributed by atoms with Crippen LogP contribution in [0.2, 0.25) is 0 Å². The van der Waals surface area contributed by atoms with Crippen molar-refractivity contribution in [1.82, 2.24) is 5.32 Å². The van der Waals surface area contributed by atoms with Crippen LogP contribution >= 0.6 is 0 Å². The first kappa shape index (κ1) is 17.4. The lowest BCUT2D eigenvalue weighted by Gasteiger charge is -2.11. The number of aliphatic imine (C=N–C) groups is 1. The van der Waals surface area contributed by atoms with E-state index in [0.29, 0.717) is 37.1 Å². The first-order chi connectivity index (χ1) is 12.1. The van der Waals surface area contributed by atoms with Gasteiger partial charge in [0.15, 0.2) is 5.78 Å². The Morgan fingerprint density at radius 2 is 2.08 bits per heavy atom. The van der Waals surface area contributed by atoms with Crippen molar-refractivity contribution in [3.8, 4) is 0 Å². The quantitative estimate of drug-likeness (QED) is 0.806. The fourth-order valence-electron chi connectivity index (χ4n) is 2.95. The topological polar surface area (TPSA) is 88.0 Å². The average molecular weight is 342 g/mol. The molecule has 6 heteroatoms. The second-order valence-corrected chi connectivity index (χ2v) is 6.29. The SMILES string of the molecule is O=C1CCCC(O)=C1C=Nc1ccc(C(=O)NC[C@H]2CCCO2)cc1. The lowest BCUT2D eigenvalue weighted by molar-refractivity contribution is -0.115. The second kappa shape index (κ2) is 8.07. The van der Waals surface area contributed by atoms with E-state index >= 15 is 0 Å². The molecule has 1 atom stereocenters. The van der Waals surface area contributed by atoms with Gasteiger partial charge in [-0.05, 0) is 43.5 Å². The summed E-state index contributed by atoms with van der Waals surface area (Å²) in [7, 11) is 0. The molecule has 132 valence electrons. The molecule has 0 saturated carbocycles. The van der Waals surface area contributed by atoms with Crippen LogP contribution in [-0.4, -0.2) is 42.3 Å². The number of carbonyl (C=O) groups is 2. The van der Waals surface area contributed by atoms with Gasteiger partial charge in [0.05, 0.1) is 17.4 Å². The summed E-state index contributed by atoms with van der Waals surface area (Å²) in [5.41, 5.74) is 1.45. The van der Waals surface area contributed by atoms with Gasteiger partial charge >= 0.3 is 0 Å². The standard InChI is InChI=1S/C19H22N2O4/c22-17-4-1-5-18(23)16(17)12-20-14-8-6-13(7-9-14)19(24)21-11-15-3-2-10-25-15/h6-9,12,15,22H,1-5,10-11H2,(H,21,24)/t15-/m1/s1. The smallest absolute Gasteiger partial charge is 0.251 e. The molecule has 1 fully saturated rings. The molecule has 0 radical (unpaired) electrons. The lowest BCUT2D eigenvalue weighted by Crippen LogP contribution is -2.31. The third kappa shape index (κ3) is 4.54. The number of nitrogens with zero attached hydrogens (tertiary/aromatic N) is 1. The van der Waals surface area contributed by atoms with Gasteiger partial charge in [0.1, 0.15) is 5.76 Å². The number of benzene rings is 1. The number of rotatable bonds is 5. The number of Topliss-reactive ketones (excluding diaryl/α,β-unsaturated/α-hetero) is 1. The largest absolute Gasteiger partial charge is 0.512 e. The van der Waals surface area contributed by atoms with E-state index in [-0.39, 0.29) is 29.1 Å². The summed E-state index contributed by atoms with van der Waals surface area (Å²) in [6, 6.07) is 6.80. The van der Waals surface area contributed by atoms with Gasteiger partial charge in [0.2, 0.25) is 0 Å². The van der Waals surface area contributed by atoms with Gasteiger partial charge < -0.3 is 15.2 Å². The number of nitrogens with one attached hydrogen (secondary N) is 1. The molecule has 0 unspecified atom stereocenters. The summed E-state index contributed by atoms with van der Waals surface area (Å²) in [6.07, 6.45) is 5.17. The molecule has 3 rings (SSSR count). The minimum absolute atomic E-state index is 0.0855. The van der Waals surface area contributed by atoms with Crippen molar-refractivity contribution in [2.75, 3.05) is 13.2 Å². The summed E-state index contributed by atoms with van der Waals surface area (Å²) < 4.78 is 5.48. The van der Waals surface area contributed by atoms with E-state index in [9.17, 15) is 14.7 Å². The van der Waals surface area contributed by atoms with E-state index in [1.807, 2.05) is 0 Å². The summed E-state index contributed by atoms with van der Waals surface area (Å²) >= 11 is 0. The van der Waals surface area contributed by atoms with Gasteiger partial charge in [-0.3, -0.25) is 14.6 Å². The van der Waals surface area contributed by atoms with Crippen molar-refractivity contribution < 1.29 is 19.4 Å². The predicted octanol–water partition coefficient (Wildman–Crippen LogP) is 2.86. The Morgan fingerprint density at radius 3 is 2.76 bits per heavy atom. The van der Waals surface area contributed by atoms with E-state index in [1.165, 1.54) is 6.21 Å². The molecule has 1 aromatic carbocycles. The van der Waals surface area contributed by atoms with Gasteiger partial charge in [0, 0.05) is 37.8 Å². The highest BCUT2D eigenvalue weighted by molar-refractivity contribution is 6.14. The average Bonchev–Trinajstić information content (AvgIpc) is 3.13. The Morgan fingerprint density at radius 1 is 1.28 bits per heavy atom. The third-order valence-electron chi connectivity index (χ3n) is 4.42. The third-order valence-corrected chi connectivity index (χ3v) is 4.42. The molecule has 1 aliphatic heterocycles. The van der Waals surface area contributed by atoms with Crippen molar-refractivity contribution in [2.45, 2.75) is 38.2 Å². The van der Waals surface area contributed by atoms with Crippen LogP contribution in [0.15, 0.2) is 40.6 Å². The highest BCUT2D eigenvalue weighted by Crippen LogP contribution is 2.20. The van der Waals surface area contributed by atoms with Crippen molar-refractivity contribution in [3.63, 3.8) is 0 Å². The maximum atomic E-state index is 12.1. The van der Waals surface area contributed by atoms with E-state index in [1.54, 1.807) is 24.3 Å². The Balaban J connectivity index is 1.59. The molecular formula is C19H22N2O4. The number of aliphatic hydroxyl groups excluding tert-OH is 1. The molecule has 1 heterocycles. The molecule has 1 saturated heterocycles. The number of carbonyl (C=O) groups excluding carboxylic acids is 2. The van der Waals surface area contributed by atoms with Gasteiger partial charge in [0.25, 0.3) is 5.91 Å². The number of ketones is 1. The highest BCUT2D eigenvalue weighted by Gasteiger charge is 2.18. The second-order valence-electron chi connectivity index (χ2n) is 6.29. The lowest BCUT2D eigenvalue weighted by atomic mass is 9.97. The fourth-order valence-corrected chi connectivity index (χ4v) is 2.95. The molecular weight excluding hydrogens is 320 g/mol. The van der Waals surface area contributed by atoms with Crippen LogP contribution < -0.4 is 5.32 Å². The monoisotopic (exact) mass is 342 g/mol. The minimum atomic E-state index is -0.145. The van der Waals surface area contributed by atoms with E-state index in [0.717, 1.165) is 19.4 Å². The number of ether oxygens (including phenoxy) is 1. The summed E-state index contributed by atoms with van der Waals surface area (Å²) in [4.78, 5) is 28.1. The Hall–Kier alpha value is -2.47. The number of hydrogen-bond donors (Lipinski definition) is 2. The molecule has 2 N–H and O–H groups in total. The molecule has 25 heavy (non-hydrogen) atoms. The van der Waals surface area contributed by atoms with Crippen LogP contribution in [0.5, 0.6) is 0 Å². The number of hydrogen-bond acceptors (Lipinski definition) is 5. The van der Waals surface area contributed by atoms with Gasteiger partial charge in [-0.15, -0.1) is 0 Å². The van der Waals surface area contributed by atoms with Crippen molar-refractivity contribution in [2.24, 2.45) is 4.99 Å². The van der Waals surface area contributed by atoms with Crippen molar-refractivity contribution in [3.05, 3.63) is 41.2 Å².